The lowest BCUT2D eigenvalue weighted by Crippen LogP contribution is -2.60. The van der Waals surface area contributed by atoms with Gasteiger partial charge in [-0.3, -0.25) is 0 Å². The number of rotatable bonds is 17. The minimum Gasteiger partial charge on any atom is -0.390 e. The number of aliphatic hydroxyl groups is 3. The SMILES string of the molecule is CCCC/C=C/[C@@](O)([C@H](O)CCCCCCCC)[C@H](O)C(c1ccccc1)(c1ccccc1)c1ccccc1. The van der Waals surface area contributed by atoms with Gasteiger partial charge in [-0.05, 0) is 29.5 Å². The molecule has 0 saturated heterocycles. The van der Waals surface area contributed by atoms with E-state index in [2.05, 4.69) is 13.8 Å². The molecule has 210 valence electrons. The quantitative estimate of drug-likeness (QED) is 0.0946. The molecule has 0 spiro atoms. The van der Waals surface area contributed by atoms with E-state index in [1.807, 2.05) is 97.1 Å². The van der Waals surface area contributed by atoms with Gasteiger partial charge in [0.1, 0.15) is 11.7 Å². The number of aliphatic hydroxyl groups excluding tert-OH is 2. The number of allylic oxidation sites excluding steroid dienone is 1. The van der Waals surface area contributed by atoms with Crippen LogP contribution in [0.5, 0.6) is 0 Å². The fourth-order valence-corrected chi connectivity index (χ4v) is 5.75. The average molecular weight is 529 g/mol. The van der Waals surface area contributed by atoms with Crippen molar-refractivity contribution in [2.45, 2.75) is 101 Å². The molecule has 0 fully saturated rings. The van der Waals surface area contributed by atoms with Gasteiger partial charge in [-0.1, -0.05) is 168 Å². The van der Waals surface area contributed by atoms with Crippen LogP contribution in [-0.2, 0) is 5.41 Å². The summed E-state index contributed by atoms with van der Waals surface area (Å²) >= 11 is 0. The molecule has 0 bridgehead atoms. The van der Waals surface area contributed by atoms with Gasteiger partial charge in [0.15, 0.2) is 0 Å². The van der Waals surface area contributed by atoms with Crippen molar-refractivity contribution in [3.05, 3.63) is 120 Å². The zero-order valence-electron chi connectivity index (χ0n) is 23.9. The van der Waals surface area contributed by atoms with Crippen molar-refractivity contribution < 1.29 is 15.3 Å². The zero-order chi connectivity index (χ0) is 28.0. The second-order valence-corrected chi connectivity index (χ2v) is 10.8. The Bertz CT molecular complexity index is 983. The highest BCUT2D eigenvalue weighted by Gasteiger charge is 2.54. The molecule has 3 heteroatoms. The van der Waals surface area contributed by atoms with Gasteiger partial charge in [-0.2, -0.15) is 0 Å². The van der Waals surface area contributed by atoms with Crippen LogP contribution in [0.25, 0.3) is 0 Å². The van der Waals surface area contributed by atoms with Crippen molar-refractivity contribution in [3.8, 4) is 0 Å². The summed E-state index contributed by atoms with van der Waals surface area (Å²) in [7, 11) is 0. The average Bonchev–Trinajstić information content (AvgIpc) is 2.99. The molecular weight excluding hydrogens is 480 g/mol. The molecule has 3 nitrogen and oxygen atoms in total. The monoisotopic (exact) mass is 528 g/mol. The smallest absolute Gasteiger partial charge is 0.136 e. The summed E-state index contributed by atoms with van der Waals surface area (Å²) in [5.74, 6) is 0. The van der Waals surface area contributed by atoms with Gasteiger partial charge in [0.2, 0.25) is 0 Å². The fourth-order valence-electron chi connectivity index (χ4n) is 5.75. The number of hydrogen-bond acceptors (Lipinski definition) is 3. The van der Waals surface area contributed by atoms with Crippen LogP contribution in [0.2, 0.25) is 0 Å². The summed E-state index contributed by atoms with van der Waals surface area (Å²) in [6, 6.07) is 29.7. The van der Waals surface area contributed by atoms with Crippen LogP contribution in [0, 0.1) is 0 Å². The molecule has 3 atom stereocenters. The van der Waals surface area contributed by atoms with Crippen LogP contribution in [0.1, 0.15) is 94.7 Å². The number of benzene rings is 3. The van der Waals surface area contributed by atoms with Gasteiger partial charge < -0.3 is 15.3 Å². The van der Waals surface area contributed by atoms with Gasteiger partial charge in [0, 0.05) is 0 Å². The highest BCUT2D eigenvalue weighted by atomic mass is 16.4. The summed E-state index contributed by atoms with van der Waals surface area (Å²) in [5, 5.41) is 36.6. The van der Waals surface area contributed by atoms with E-state index in [4.69, 9.17) is 0 Å². The van der Waals surface area contributed by atoms with Crippen LogP contribution in [0.15, 0.2) is 103 Å². The summed E-state index contributed by atoms with van der Waals surface area (Å²) in [6.07, 6.45) is 10.9. The Kier molecular flexibility index (Phi) is 12.5. The van der Waals surface area contributed by atoms with E-state index in [-0.39, 0.29) is 0 Å². The summed E-state index contributed by atoms with van der Waals surface area (Å²) in [6.45, 7) is 4.34. The lowest BCUT2D eigenvalue weighted by molar-refractivity contribution is -0.132. The summed E-state index contributed by atoms with van der Waals surface area (Å²) in [4.78, 5) is 0. The van der Waals surface area contributed by atoms with E-state index in [0.29, 0.717) is 6.42 Å². The molecule has 3 aromatic carbocycles. The third-order valence-corrected chi connectivity index (χ3v) is 8.01. The predicted molar refractivity (Wildman–Crippen MR) is 163 cm³/mol. The second kappa shape index (κ2) is 15.8. The van der Waals surface area contributed by atoms with E-state index < -0.39 is 23.2 Å². The van der Waals surface area contributed by atoms with E-state index in [0.717, 1.165) is 55.2 Å². The van der Waals surface area contributed by atoms with Crippen LogP contribution in [0.3, 0.4) is 0 Å². The van der Waals surface area contributed by atoms with Crippen molar-refractivity contribution in [2.24, 2.45) is 0 Å². The Morgan fingerprint density at radius 1 is 0.615 bits per heavy atom. The highest BCUT2D eigenvalue weighted by Crippen LogP contribution is 2.47. The Morgan fingerprint density at radius 3 is 1.51 bits per heavy atom. The maximum absolute atomic E-state index is 12.6. The second-order valence-electron chi connectivity index (χ2n) is 10.8. The topological polar surface area (TPSA) is 60.7 Å². The molecule has 0 amide bonds. The van der Waals surface area contributed by atoms with Crippen molar-refractivity contribution in [1.82, 2.24) is 0 Å². The molecule has 0 unspecified atom stereocenters. The molecule has 3 N–H and O–H groups in total. The zero-order valence-corrected chi connectivity index (χ0v) is 23.9. The van der Waals surface area contributed by atoms with Crippen molar-refractivity contribution in [3.63, 3.8) is 0 Å². The molecule has 0 saturated carbocycles. The highest BCUT2D eigenvalue weighted by molar-refractivity contribution is 5.53. The molecule has 0 aliphatic rings. The van der Waals surface area contributed by atoms with Gasteiger partial charge in [-0.15, -0.1) is 0 Å². The first kappa shape index (κ1) is 30.8. The van der Waals surface area contributed by atoms with Gasteiger partial charge in [0.25, 0.3) is 0 Å². The number of hydrogen-bond donors (Lipinski definition) is 3. The van der Waals surface area contributed by atoms with Crippen molar-refractivity contribution in [1.29, 1.82) is 0 Å². The summed E-state index contributed by atoms with van der Waals surface area (Å²) < 4.78 is 0. The minimum absolute atomic E-state index is 0.423. The molecule has 3 aromatic rings. The molecule has 0 heterocycles. The molecule has 3 rings (SSSR count). The van der Waals surface area contributed by atoms with Gasteiger partial charge in [0.05, 0.1) is 11.5 Å². The largest absolute Gasteiger partial charge is 0.390 e. The van der Waals surface area contributed by atoms with Crippen molar-refractivity contribution in [2.75, 3.05) is 0 Å². The van der Waals surface area contributed by atoms with Gasteiger partial charge >= 0.3 is 0 Å². The van der Waals surface area contributed by atoms with E-state index in [1.165, 1.54) is 19.3 Å². The van der Waals surface area contributed by atoms with E-state index in [9.17, 15) is 15.3 Å². The first-order chi connectivity index (χ1) is 19.0. The molecule has 0 aliphatic carbocycles. The van der Waals surface area contributed by atoms with Crippen LogP contribution < -0.4 is 0 Å². The fraction of sp³-hybridized carbons (Fsp3) is 0.444. The third kappa shape index (κ3) is 7.48. The standard InChI is InChI=1S/C36H48O3/c1-3-5-7-9-10-20-28-33(37)35(39,29-21-8-6-4-2)34(38)36(30-22-14-11-15-23-30,31-24-16-12-17-25-31)32-26-18-13-19-27-32/h11-19,21-27,29,33-34,37-39H,3-10,20,28H2,1-2H3/b29-21+/t33-,34+,35-/m1/s1. The normalized spacial score (nSPS) is 15.2. The molecule has 0 aliphatic heterocycles. The Morgan fingerprint density at radius 2 is 1.05 bits per heavy atom. The molecular formula is C36H48O3. The van der Waals surface area contributed by atoms with Crippen LogP contribution >= 0.6 is 0 Å². The van der Waals surface area contributed by atoms with Gasteiger partial charge in [-0.25, -0.2) is 0 Å². The first-order valence-electron chi connectivity index (χ1n) is 14.9. The third-order valence-electron chi connectivity index (χ3n) is 8.01. The van der Waals surface area contributed by atoms with Crippen molar-refractivity contribution >= 4 is 0 Å². The molecule has 0 radical (unpaired) electrons. The Hall–Kier alpha value is -2.72. The molecule has 0 aromatic heterocycles. The minimum atomic E-state index is -1.86. The Balaban J connectivity index is 2.14. The number of unbranched alkanes of at least 4 members (excludes halogenated alkanes) is 7. The summed E-state index contributed by atoms with van der Waals surface area (Å²) in [5.41, 5.74) is -0.389. The van der Waals surface area contributed by atoms with Crippen LogP contribution in [-0.4, -0.2) is 33.1 Å². The predicted octanol–water partition coefficient (Wildman–Crippen LogP) is 7.97. The molecule has 39 heavy (non-hydrogen) atoms. The van der Waals surface area contributed by atoms with E-state index in [1.54, 1.807) is 6.08 Å². The maximum Gasteiger partial charge on any atom is 0.136 e. The first-order valence-corrected chi connectivity index (χ1v) is 14.9. The lowest BCUT2D eigenvalue weighted by Gasteiger charge is -2.47. The lowest BCUT2D eigenvalue weighted by atomic mass is 9.60. The van der Waals surface area contributed by atoms with Crippen LogP contribution in [0.4, 0.5) is 0 Å². The van der Waals surface area contributed by atoms with E-state index >= 15 is 0 Å². The Labute approximate surface area is 236 Å². The maximum atomic E-state index is 12.6.